The fourth-order valence-corrected chi connectivity index (χ4v) is 3.62. The first-order valence-electron chi connectivity index (χ1n) is 8.30. The van der Waals surface area contributed by atoms with Crippen molar-refractivity contribution in [2.45, 2.75) is 25.3 Å². The number of benzene rings is 1. The van der Waals surface area contributed by atoms with Crippen LogP contribution in [0, 0.1) is 0 Å². The van der Waals surface area contributed by atoms with Gasteiger partial charge in [-0.05, 0) is 35.4 Å². The van der Waals surface area contributed by atoms with E-state index in [2.05, 4.69) is 20.8 Å². The molecule has 2 aromatic rings. The zero-order chi connectivity index (χ0) is 17.2. The summed E-state index contributed by atoms with van der Waals surface area (Å²) in [6, 6.07) is 7.90. The fourth-order valence-electron chi connectivity index (χ4n) is 2.77. The molecule has 1 aromatic carbocycles. The molecule has 1 saturated heterocycles. The lowest BCUT2D eigenvalue weighted by molar-refractivity contribution is -0.116. The van der Waals surface area contributed by atoms with Crippen LogP contribution in [0.5, 0.6) is 0 Å². The van der Waals surface area contributed by atoms with Crippen LogP contribution >= 0.6 is 11.8 Å². The van der Waals surface area contributed by atoms with E-state index in [1.807, 2.05) is 28.9 Å². The smallest absolute Gasteiger partial charge is 0.281 e. The van der Waals surface area contributed by atoms with E-state index >= 15 is 0 Å². The van der Waals surface area contributed by atoms with E-state index < -0.39 is 0 Å². The molecule has 9 heteroatoms. The highest BCUT2D eigenvalue weighted by molar-refractivity contribution is 8.13. The van der Waals surface area contributed by atoms with Crippen molar-refractivity contribution < 1.29 is 9.59 Å². The number of carbonyl (C=O) groups is 2. The number of tetrazole rings is 1. The number of hydrogen-bond donors (Lipinski definition) is 1. The molecule has 2 aliphatic rings. The number of carbonyl (C=O) groups excluding carboxylic acids is 2. The van der Waals surface area contributed by atoms with E-state index in [-0.39, 0.29) is 17.6 Å². The minimum absolute atomic E-state index is 0.0571. The van der Waals surface area contributed by atoms with Crippen LogP contribution in [0.25, 0.3) is 11.4 Å². The highest BCUT2D eigenvalue weighted by Crippen LogP contribution is 2.36. The second-order valence-corrected chi connectivity index (χ2v) is 7.20. The van der Waals surface area contributed by atoms with Crippen molar-refractivity contribution in [3.8, 4) is 11.4 Å². The van der Waals surface area contributed by atoms with Crippen LogP contribution < -0.4 is 5.32 Å². The van der Waals surface area contributed by atoms with Crippen molar-refractivity contribution in [1.29, 1.82) is 0 Å². The third-order valence-corrected chi connectivity index (χ3v) is 5.14. The standard InChI is InChI=1S/C16H18N6O2S/c23-14(6-7-21-8-9-25-16(21)24)17-12-3-1-2-11(10-12)15-18-19-20-22(15)13-4-5-13/h1-3,10,13H,4-9H2,(H,17,23). The molecule has 0 atom stereocenters. The Morgan fingerprint density at radius 3 is 3.00 bits per heavy atom. The van der Waals surface area contributed by atoms with Gasteiger partial charge in [0.1, 0.15) is 0 Å². The lowest BCUT2D eigenvalue weighted by atomic mass is 10.2. The molecule has 2 fully saturated rings. The molecular weight excluding hydrogens is 340 g/mol. The minimum atomic E-state index is -0.108. The van der Waals surface area contributed by atoms with Crippen molar-refractivity contribution >= 4 is 28.6 Å². The lowest BCUT2D eigenvalue weighted by Crippen LogP contribution is -2.27. The molecule has 130 valence electrons. The zero-order valence-electron chi connectivity index (χ0n) is 13.6. The number of nitrogens with zero attached hydrogens (tertiary/aromatic N) is 5. The summed E-state index contributed by atoms with van der Waals surface area (Å²) in [5.41, 5.74) is 1.58. The Hall–Kier alpha value is -2.42. The van der Waals surface area contributed by atoms with Crippen LogP contribution in [0.2, 0.25) is 0 Å². The first kappa shape index (κ1) is 16.1. The van der Waals surface area contributed by atoms with Crippen LogP contribution in [-0.4, -0.2) is 55.1 Å². The van der Waals surface area contributed by atoms with Gasteiger partial charge in [0.25, 0.3) is 5.24 Å². The van der Waals surface area contributed by atoms with E-state index in [1.165, 1.54) is 11.8 Å². The molecule has 4 rings (SSSR count). The van der Waals surface area contributed by atoms with Crippen LogP contribution in [0.4, 0.5) is 10.5 Å². The van der Waals surface area contributed by atoms with E-state index in [4.69, 9.17) is 0 Å². The van der Waals surface area contributed by atoms with Gasteiger partial charge in [0.2, 0.25) is 5.91 Å². The lowest BCUT2D eigenvalue weighted by Gasteiger charge is -2.14. The molecule has 1 saturated carbocycles. The van der Waals surface area contributed by atoms with Gasteiger partial charge in [-0.3, -0.25) is 9.59 Å². The summed E-state index contributed by atoms with van der Waals surface area (Å²) in [5.74, 6) is 1.42. The molecule has 2 amide bonds. The number of hydrogen-bond acceptors (Lipinski definition) is 6. The summed E-state index contributed by atoms with van der Waals surface area (Å²) in [6.07, 6.45) is 2.49. The molecule has 1 aliphatic heterocycles. The maximum absolute atomic E-state index is 12.2. The molecule has 8 nitrogen and oxygen atoms in total. The fraction of sp³-hybridized carbons (Fsp3) is 0.438. The molecule has 0 bridgehead atoms. The molecule has 0 spiro atoms. The molecule has 1 aromatic heterocycles. The SMILES string of the molecule is O=C(CCN1CCSC1=O)Nc1cccc(-c2nnnn2C2CC2)c1. The summed E-state index contributed by atoms with van der Waals surface area (Å²) in [4.78, 5) is 25.4. The van der Waals surface area contributed by atoms with Gasteiger partial charge in [0.05, 0.1) is 6.04 Å². The quantitative estimate of drug-likeness (QED) is 0.851. The zero-order valence-corrected chi connectivity index (χ0v) is 14.4. The Bertz CT molecular complexity index is 803. The minimum Gasteiger partial charge on any atom is -0.332 e. The summed E-state index contributed by atoms with van der Waals surface area (Å²) in [6.45, 7) is 1.17. The average molecular weight is 358 g/mol. The number of thioether (sulfide) groups is 1. The molecular formula is C16H18N6O2S. The predicted octanol–water partition coefficient (Wildman–Crippen LogP) is 2.17. The van der Waals surface area contributed by atoms with Crippen LogP contribution in [0.15, 0.2) is 24.3 Å². The Balaban J connectivity index is 1.40. The topological polar surface area (TPSA) is 93.0 Å². The van der Waals surface area contributed by atoms with Crippen LogP contribution in [-0.2, 0) is 4.79 Å². The van der Waals surface area contributed by atoms with Crippen LogP contribution in [0.3, 0.4) is 0 Å². The largest absolute Gasteiger partial charge is 0.332 e. The highest BCUT2D eigenvalue weighted by atomic mass is 32.2. The summed E-state index contributed by atoms with van der Waals surface area (Å²) >= 11 is 1.30. The van der Waals surface area contributed by atoms with E-state index in [0.717, 1.165) is 36.5 Å². The van der Waals surface area contributed by atoms with Gasteiger partial charge < -0.3 is 10.2 Å². The normalized spacial score (nSPS) is 17.1. The number of amides is 2. The summed E-state index contributed by atoms with van der Waals surface area (Å²) < 4.78 is 1.84. The van der Waals surface area contributed by atoms with Gasteiger partial charge in [0, 0.05) is 36.5 Å². The Labute approximate surface area is 149 Å². The van der Waals surface area contributed by atoms with E-state index in [1.54, 1.807) is 4.90 Å². The first-order chi connectivity index (χ1) is 12.2. The van der Waals surface area contributed by atoms with Gasteiger partial charge in [-0.2, -0.15) is 0 Å². The summed E-state index contributed by atoms with van der Waals surface area (Å²) in [5, 5.41) is 14.9. The molecule has 0 unspecified atom stereocenters. The third kappa shape index (κ3) is 3.65. The Morgan fingerprint density at radius 2 is 2.24 bits per heavy atom. The Morgan fingerprint density at radius 1 is 1.36 bits per heavy atom. The first-order valence-corrected chi connectivity index (χ1v) is 9.29. The number of aromatic nitrogens is 4. The highest BCUT2D eigenvalue weighted by Gasteiger charge is 2.28. The molecule has 2 heterocycles. The number of anilines is 1. The van der Waals surface area contributed by atoms with Gasteiger partial charge in [0.15, 0.2) is 5.82 Å². The summed E-state index contributed by atoms with van der Waals surface area (Å²) in [7, 11) is 0. The van der Waals surface area contributed by atoms with Gasteiger partial charge in [-0.25, -0.2) is 4.68 Å². The number of nitrogens with one attached hydrogen (secondary N) is 1. The van der Waals surface area contributed by atoms with Crippen LogP contribution in [0.1, 0.15) is 25.3 Å². The molecule has 1 N–H and O–H groups in total. The Kier molecular flexibility index (Phi) is 4.39. The second kappa shape index (κ2) is 6.83. The number of rotatable bonds is 6. The van der Waals surface area contributed by atoms with Gasteiger partial charge in [-0.1, -0.05) is 23.9 Å². The third-order valence-electron chi connectivity index (χ3n) is 4.24. The maximum Gasteiger partial charge on any atom is 0.281 e. The van der Waals surface area contributed by atoms with Crippen molar-refractivity contribution in [3.63, 3.8) is 0 Å². The van der Waals surface area contributed by atoms with Crippen molar-refractivity contribution in [2.75, 3.05) is 24.2 Å². The van der Waals surface area contributed by atoms with Gasteiger partial charge in [-0.15, -0.1) is 5.10 Å². The van der Waals surface area contributed by atoms with Crippen molar-refractivity contribution in [1.82, 2.24) is 25.1 Å². The van der Waals surface area contributed by atoms with Crippen molar-refractivity contribution in [2.24, 2.45) is 0 Å². The monoisotopic (exact) mass is 358 g/mol. The second-order valence-electron chi connectivity index (χ2n) is 6.16. The molecule has 1 aliphatic carbocycles. The predicted molar refractivity (Wildman–Crippen MR) is 94.2 cm³/mol. The molecule has 0 radical (unpaired) electrons. The van der Waals surface area contributed by atoms with Gasteiger partial charge >= 0.3 is 0 Å². The van der Waals surface area contributed by atoms with E-state index in [9.17, 15) is 9.59 Å². The maximum atomic E-state index is 12.2. The van der Waals surface area contributed by atoms with Crippen molar-refractivity contribution in [3.05, 3.63) is 24.3 Å². The molecule has 25 heavy (non-hydrogen) atoms. The van der Waals surface area contributed by atoms with E-state index in [0.29, 0.717) is 18.3 Å². The average Bonchev–Trinajstić information content (AvgIpc) is 3.18.